The number of benzene rings is 3. The lowest BCUT2D eigenvalue weighted by Gasteiger charge is -2.07. The van der Waals surface area contributed by atoms with Gasteiger partial charge in [0.1, 0.15) is 11.3 Å². The highest BCUT2D eigenvalue weighted by Gasteiger charge is 2.21. The van der Waals surface area contributed by atoms with Gasteiger partial charge in [-0.1, -0.05) is 37.6 Å². The van der Waals surface area contributed by atoms with E-state index in [1.807, 2.05) is 12.1 Å². The van der Waals surface area contributed by atoms with Crippen molar-refractivity contribution < 1.29 is 18.9 Å². The van der Waals surface area contributed by atoms with E-state index >= 15 is 0 Å². The zero-order chi connectivity index (χ0) is 23.2. The molecule has 0 saturated heterocycles. The van der Waals surface area contributed by atoms with E-state index in [1.54, 1.807) is 54.6 Å². The average Bonchev–Trinajstić information content (AvgIpc) is 3.27. The van der Waals surface area contributed by atoms with Crippen molar-refractivity contribution in [1.29, 1.82) is 0 Å². The molecule has 33 heavy (non-hydrogen) atoms. The molecule has 4 rings (SSSR count). The number of rotatable bonds is 9. The van der Waals surface area contributed by atoms with E-state index in [-0.39, 0.29) is 22.9 Å². The van der Waals surface area contributed by atoms with Gasteiger partial charge in [-0.15, -0.1) is 0 Å². The lowest BCUT2D eigenvalue weighted by Crippen LogP contribution is -2.04. The minimum absolute atomic E-state index is 0.0679. The highest BCUT2D eigenvalue weighted by molar-refractivity contribution is 6.31. The summed E-state index contributed by atoms with van der Waals surface area (Å²) in [6.45, 7) is 2.71. The summed E-state index contributed by atoms with van der Waals surface area (Å²) in [6, 6.07) is 20.1. The number of nitro groups is 1. The molecule has 0 aliphatic carbocycles. The first-order valence-electron chi connectivity index (χ1n) is 10.6. The standard InChI is InChI=1S/C26H22N2O5/c1-2-3-15-32-21-13-11-19(12-14-21)25(29)22(17-18-7-6-8-20(16-18)28(30)31)26-27-23-9-4-5-10-24(23)33-26/h4-14,16-17H,2-3,15H2,1H3. The molecule has 0 aliphatic rings. The lowest BCUT2D eigenvalue weighted by molar-refractivity contribution is -0.384. The topological polar surface area (TPSA) is 95.5 Å². The van der Waals surface area contributed by atoms with E-state index in [4.69, 9.17) is 9.15 Å². The van der Waals surface area contributed by atoms with Crippen LogP contribution in [0, 0.1) is 10.1 Å². The molecule has 0 fully saturated rings. The van der Waals surface area contributed by atoms with Crippen molar-refractivity contribution in [2.45, 2.75) is 19.8 Å². The predicted octanol–water partition coefficient (Wildman–Crippen LogP) is 6.34. The van der Waals surface area contributed by atoms with Crippen molar-refractivity contribution in [3.8, 4) is 5.75 Å². The zero-order valence-electron chi connectivity index (χ0n) is 18.1. The summed E-state index contributed by atoms with van der Waals surface area (Å²) in [7, 11) is 0. The number of aromatic nitrogens is 1. The minimum Gasteiger partial charge on any atom is -0.494 e. The molecule has 1 heterocycles. The molecule has 0 radical (unpaired) electrons. The second-order valence-electron chi connectivity index (χ2n) is 7.45. The second-order valence-corrected chi connectivity index (χ2v) is 7.45. The number of non-ortho nitro benzene ring substituents is 1. The van der Waals surface area contributed by atoms with Crippen LogP contribution in [0.15, 0.2) is 77.2 Å². The number of hydrogen-bond acceptors (Lipinski definition) is 6. The summed E-state index contributed by atoms with van der Waals surface area (Å²) in [5.74, 6) is 0.523. The van der Waals surface area contributed by atoms with Gasteiger partial charge in [0, 0.05) is 17.7 Å². The Morgan fingerprint density at radius 1 is 1.09 bits per heavy atom. The molecule has 0 spiro atoms. The number of nitrogens with zero attached hydrogens (tertiary/aromatic N) is 2. The molecule has 0 amide bonds. The predicted molar refractivity (Wildman–Crippen MR) is 126 cm³/mol. The molecule has 0 bridgehead atoms. The van der Waals surface area contributed by atoms with Gasteiger partial charge in [0.2, 0.25) is 5.89 Å². The highest BCUT2D eigenvalue weighted by atomic mass is 16.6. The van der Waals surface area contributed by atoms with E-state index in [9.17, 15) is 14.9 Å². The molecule has 7 nitrogen and oxygen atoms in total. The van der Waals surface area contributed by atoms with E-state index < -0.39 is 4.92 Å². The van der Waals surface area contributed by atoms with Crippen LogP contribution in [0.5, 0.6) is 5.75 Å². The lowest BCUT2D eigenvalue weighted by atomic mass is 10.0. The first kappa shape index (κ1) is 22.0. The molecular weight excluding hydrogens is 420 g/mol. The Morgan fingerprint density at radius 3 is 2.61 bits per heavy atom. The SMILES string of the molecule is CCCCOc1ccc(C(=O)C(=Cc2cccc([N+](=O)[O-])c2)c2nc3ccccc3o2)cc1. The number of ether oxygens (including phenoxy) is 1. The van der Waals surface area contributed by atoms with Crippen molar-refractivity contribution in [3.05, 3.63) is 99.9 Å². The Morgan fingerprint density at radius 2 is 1.88 bits per heavy atom. The van der Waals surface area contributed by atoms with Gasteiger partial charge >= 0.3 is 0 Å². The Hall–Kier alpha value is -4.26. The number of allylic oxidation sites excluding steroid dienone is 1. The summed E-state index contributed by atoms with van der Waals surface area (Å²) < 4.78 is 11.5. The van der Waals surface area contributed by atoms with Crippen LogP contribution in [0.4, 0.5) is 5.69 Å². The molecule has 0 atom stereocenters. The number of carbonyl (C=O) groups excluding carboxylic acids is 1. The van der Waals surface area contributed by atoms with Crippen LogP contribution in [-0.2, 0) is 0 Å². The van der Waals surface area contributed by atoms with Crippen LogP contribution < -0.4 is 4.74 Å². The largest absolute Gasteiger partial charge is 0.494 e. The number of fused-ring (bicyclic) bond motifs is 1. The Labute approximate surface area is 190 Å². The van der Waals surface area contributed by atoms with Crippen LogP contribution in [0.1, 0.15) is 41.6 Å². The summed E-state index contributed by atoms with van der Waals surface area (Å²) >= 11 is 0. The quantitative estimate of drug-likeness (QED) is 0.0987. The van der Waals surface area contributed by atoms with Crippen molar-refractivity contribution >= 4 is 34.2 Å². The maximum absolute atomic E-state index is 13.5. The van der Waals surface area contributed by atoms with E-state index in [1.165, 1.54) is 12.1 Å². The minimum atomic E-state index is -0.477. The third-order valence-corrected chi connectivity index (χ3v) is 5.04. The highest BCUT2D eigenvalue weighted by Crippen LogP contribution is 2.28. The molecule has 0 unspecified atom stereocenters. The van der Waals surface area contributed by atoms with Crippen LogP contribution in [0.2, 0.25) is 0 Å². The number of ketones is 1. The first-order chi connectivity index (χ1) is 16.0. The summed E-state index contributed by atoms with van der Waals surface area (Å²) in [4.78, 5) is 28.6. The van der Waals surface area contributed by atoms with Crippen molar-refractivity contribution in [3.63, 3.8) is 0 Å². The van der Waals surface area contributed by atoms with Crippen LogP contribution >= 0.6 is 0 Å². The maximum Gasteiger partial charge on any atom is 0.270 e. The van der Waals surface area contributed by atoms with Crippen molar-refractivity contribution in [2.75, 3.05) is 6.61 Å². The van der Waals surface area contributed by atoms with Gasteiger partial charge in [-0.3, -0.25) is 14.9 Å². The average molecular weight is 442 g/mol. The molecule has 1 aromatic heterocycles. The van der Waals surface area contributed by atoms with E-state index in [0.717, 1.165) is 12.8 Å². The number of oxazole rings is 1. The van der Waals surface area contributed by atoms with Crippen LogP contribution in [-0.4, -0.2) is 22.3 Å². The first-order valence-corrected chi connectivity index (χ1v) is 10.6. The third-order valence-electron chi connectivity index (χ3n) is 5.04. The number of Topliss-reactive ketones (excluding diaryl/α,β-unsaturated/α-hetero) is 1. The second kappa shape index (κ2) is 9.91. The molecule has 7 heteroatoms. The van der Waals surface area contributed by atoms with Gasteiger partial charge in [0.05, 0.1) is 17.1 Å². The molecule has 4 aromatic rings. The summed E-state index contributed by atoms with van der Waals surface area (Å²) in [6.07, 6.45) is 3.55. The van der Waals surface area contributed by atoms with Crippen molar-refractivity contribution in [2.24, 2.45) is 0 Å². The number of unbranched alkanes of at least 4 members (excludes halogenated alkanes) is 1. The Balaban J connectivity index is 1.73. The molecule has 166 valence electrons. The number of carbonyl (C=O) groups is 1. The van der Waals surface area contributed by atoms with Crippen molar-refractivity contribution in [1.82, 2.24) is 4.98 Å². The third kappa shape index (κ3) is 5.15. The zero-order valence-corrected chi connectivity index (χ0v) is 18.1. The molecular formula is C26H22N2O5. The maximum atomic E-state index is 13.5. The normalized spacial score (nSPS) is 11.5. The van der Waals surface area contributed by atoms with Gasteiger partial charge < -0.3 is 9.15 Å². The van der Waals surface area contributed by atoms with Gasteiger partial charge in [-0.05, 0) is 54.5 Å². The fourth-order valence-electron chi connectivity index (χ4n) is 3.30. The van der Waals surface area contributed by atoms with Crippen LogP contribution in [0.3, 0.4) is 0 Å². The Bertz CT molecular complexity index is 1290. The van der Waals surface area contributed by atoms with Gasteiger partial charge in [-0.25, -0.2) is 4.98 Å². The number of para-hydroxylation sites is 2. The van der Waals surface area contributed by atoms with E-state index in [2.05, 4.69) is 11.9 Å². The fraction of sp³-hybridized carbons (Fsp3) is 0.154. The van der Waals surface area contributed by atoms with Gasteiger partial charge in [0.15, 0.2) is 11.4 Å². The number of nitro benzene ring substituents is 1. The fourth-order valence-corrected chi connectivity index (χ4v) is 3.30. The smallest absolute Gasteiger partial charge is 0.270 e. The van der Waals surface area contributed by atoms with Gasteiger partial charge in [-0.2, -0.15) is 0 Å². The molecule has 0 aliphatic heterocycles. The summed E-state index contributed by atoms with van der Waals surface area (Å²) in [5, 5.41) is 11.2. The Kier molecular flexibility index (Phi) is 6.59. The molecule has 3 aromatic carbocycles. The monoisotopic (exact) mass is 442 g/mol. The molecule has 0 N–H and O–H groups in total. The summed E-state index contributed by atoms with van der Waals surface area (Å²) in [5.41, 5.74) is 2.22. The molecule has 0 saturated carbocycles. The van der Waals surface area contributed by atoms with Gasteiger partial charge in [0.25, 0.3) is 5.69 Å². The number of hydrogen-bond donors (Lipinski definition) is 0. The van der Waals surface area contributed by atoms with Crippen LogP contribution in [0.25, 0.3) is 22.7 Å². The van der Waals surface area contributed by atoms with E-state index in [0.29, 0.717) is 34.6 Å².